The lowest BCUT2D eigenvalue weighted by Gasteiger charge is -2.28. The van der Waals surface area contributed by atoms with E-state index in [9.17, 15) is 14.9 Å². The van der Waals surface area contributed by atoms with E-state index in [0.29, 0.717) is 34.5 Å². The zero-order chi connectivity index (χ0) is 23.7. The van der Waals surface area contributed by atoms with Crippen LogP contribution in [0, 0.1) is 10.1 Å². The van der Waals surface area contributed by atoms with E-state index >= 15 is 0 Å². The Hall–Kier alpha value is -2.75. The number of anilines is 2. The molecule has 0 bridgehead atoms. The van der Waals surface area contributed by atoms with Crippen molar-refractivity contribution in [3.63, 3.8) is 0 Å². The lowest BCUT2D eigenvalue weighted by atomic mass is 10.1. The molecule has 10 heteroatoms. The van der Waals surface area contributed by atoms with Gasteiger partial charge in [0.2, 0.25) is 0 Å². The summed E-state index contributed by atoms with van der Waals surface area (Å²) in [4.78, 5) is 33.5. The topological polar surface area (TPSA) is 88.8 Å². The molecule has 0 aliphatic carbocycles. The molecular weight excluding hydrogens is 476 g/mol. The number of aromatic nitrogens is 1. The lowest BCUT2D eigenvalue weighted by molar-refractivity contribution is -0.384. The van der Waals surface area contributed by atoms with Gasteiger partial charge in [0.05, 0.1) is 27.3 Å². The minimum atomic E-state index is -0.400. The monoisotopic (exact) mass is 500 g/mol. The predicted molar refractivity (Wildman–Crippen MR) is 134 cm³/mol. The molecule has 0 N–H and O–H groups in total. The van der Waals surface area contributed by atoms with Crippen LogP contribution in [0.25, 0.3) is 10.2 Å². The van der Waals surface area contributed by atoms with Crippen molar-refractivity contribution in [2.24, 2.45) is 0 Å². The normalized spacial score (nSPS) is 18.4. The van der Waals surface area contributed by atoms with Crippen LogP contribution in [0.5, 0.6) is 0 Å². The Kier molecular flexibility index (Phi) is 6.67. The smallest absolute Gasteiger partial charge is 0.293 e. The highest BCUT2D eigenvalue weighted by atomic mass is 35.5. The van der Waals surface area contributed by atoms with Crippen molar-refractivity contribution in [3.05, 3.63) is 57.1 Å². The van der Waals surface area contributed by atoms with Gasteiger partial charge in [0.15, 0.2) is 5.13 Å². The summed E-state index contributed by atoms with van der Waals surface area (Å²) in [6.07, 6.45) is 4.83. The molecule has 2 aliphatic heterocycles. The minimum Gasteiger partial charge on any atom is -0.376 e. The van der Waals surface area contributed by atoms with Gasteiger partial charge in [0.1, 0.15) is 11.2 Å². The first-order valence-electron chi connectivity index (χ1n) is 11.5. The number of thiazole rings is 1. The van der Waals surface area contributed by atoms with Gasteiger partial charge in [-0.2, -0.15) is 0 Å². The van der Waals surface area contributed by atoms with Crippen LogP contribution in [0.2, 0.25) is 5.02 Å². The molecule has 2 fully saturated rings. The summed E-state index contributed by atoms with van der Waals surface area (Å²) in [5, 5.41) is 12.9. The van der Waals surface area contributed by atoms with Crippen molar-refractivity contribution in [1.29, 1.82) is 0 Å². The number of fused-ring (bicyclic) bond motifs is 1. The molecule has 1 unspecified atom stereocenters. The molecule has 2 aliphatic rings. The number of hydrogen-bond acceptors (Lipinski definition) is 7. The molecule has 2 aromatic carbocycles. The van der Waals surface area contributed by atoms with Crippen LogP contribution in [0.4, 0.5) is 16.5 Å². The summed E-state index contributed by atoms with van der Waals surface area (Å²) in [6, 6.07) is 10.3. The standard InChI is InChI=1S/C24H25ClN4O4S/c25-18-7-4-8-21-22(18)26-24(34-21)28(15-17-6-5-13-33-17)23(30)16-9-10-19(20(14-16)29(31)32)27-11-2-1-3-12-27/h4,7-10,14,17H,1-3,5-6,11-13,15H2. The second-order valence-electron chi connectivity index (χ2n) is 8.64. The fourth-order valence-corrected chi connectivity index (χ4v) is 5.89. The van der Waals surface area contributed by atoms with E-state index < -0.39 is 4.92 Å². The van der Waals surface area contributed by atoms with E-state index in [1.54, 1.807) is 23.1 Å². The Morgan fingerprint density at radius 1 is 1.24 bits per heavy atom. The van der Waals surface area contributed by atoms with Crippen molar-refractivity contribution in [2.75, 3.05) is 36.0 Å². The lowest BCUT2D eigenvalue weighted by Crippen LogP contribution is -2.37. The molecule has 34 heavy (non-hydrogen) atoms. The number of nitro groups is 1. The molecular formula is C24H25ClN4O4S. The third-order valence-corrected chi connectivity index (χ3v) is 7.71. The molecule has 0 spiro atoms. The zero-order valence-corrected chi connectivity index (χ0v) is 20.2. The zero-order valence-electron chi connectivity index (χ0n) is 18.6. The Balaban J connectivity index is 1.51. The molecule has 0 radical (unpaired) electrons. The van der Waals surface area contributed by atoms with Crippen molar-refractivity contribution in [2.45, 2.75) is 38.2 Å². The molecule has 3 heterocycles. The van der Waals surface area contributed by atoms with E-state index in [2.05, 4.69) is 4.98 Å². The van der Waals surface area contributed by atoms with Gasteiger partial charge in [-0.1, -0.05) is 29.0 Å². The summed E-state index contributed by atoms with van der Waals surface area (Å²) < 4.78 is 6.67. The Bertz CT molecular complexity index is 1220. The fraction of sp³-hybridized carbons (Fsp3) is 0.417. The molecule has 5 rings (SSSR count). The second-order valence-corrected chi connectivity index (χ2v) is 10.1. The molecule has 1 aromatic heterocycles. The number of carbonyl (C=O) groups is 1. The van der Waals surface area contributed by atoms with Gasteiger partial charge in [-0.05, 0) is 56.4 Å². The maximum atomic E-state index is 13.7. The molecule has 3 aromatic rings. The largest absolute Gasteiger partial charge is 0.376 e. The van der Waals surface area contributed by atoms with Crippen molar-refractivity contribution in [3.8, 4) is 0 Å². The highest BCUT2D eigenvalue weighted by Crippen LogP contribution is 2.36. The maximum Gasteiger partial charge on any atom is 0.293 e. The van der Waals surface area contributed by atoms with Crippen LogP contribution >= 0.6 is 22.9 Å². The molecule has 178 valence electrons. The summed E-state index contributed by atoms with van der Waals surface area (Å²) in [5.41, 5.74) is 1.42. The summed E-state index contributed by atoms with van der Waals surface area (Å²) in [5.74, 6) is -0.334. The number of carbonyl (C=O) groups excluding carboxylic acids is 1. The van der Waals surface area contributed by atoms with Crippen LogP contribution in [-0.2, 0) is 4.74 Å². The van der Waals surface area contributed by atoms with E-state index in [1.807, 2.05) is 17.0 Å². The predicted octanol–water partition coefficient (Wildman–Crippen LogP) is 5.67. The number of rotatable bonds is 6. The second kappa shape index (κ2) is 9.85. The molecule has 2 saturated heterocycles. The molecule has 1 atom stereocenters. The van der Waals surface area contributed by atoms with Crippen molar-refractivity contribution >= 4 is 55.6 Å². The molecule has 0 saturated carbocycles. The average Bonchev–Trinajstić information content (AvgIpc) is 3.53. The van der Waals surface area contributed by atoms with E-state index in [4.69, 9.17) is 16.3 Å². The first-order valence-corrected chi connectivity index (χ1v) is 12.7. The van der Waals surface area contributed by atoms with Crippen LogP contribution in [0.1, 0.15) is 42.5 Å². The van der Waals surface area contributed by atoms with Crippen molar-refractivity contribution in [1.82, 2.24) is 4.98 Å². The summed E-state index contributed by atoms with van der Waals surface area (Å²) in [7, 11) is 0. The first kappa shape index (κ1) is 23.0. The number of benzene rings is 2. The quantitative estimate of drug-likeness (QED) is 0.320. The van der Waals surface area contributed by atoms with Gasteiger partial charge in [-0.15, -0.1) is 0 Å². The van der Waals surface area contributed by atoms with Crippen LogP contribution in [0.3, 0.4) is 0 Å². The Labute approximate surface area is 206 Å². The van der Waals surface area contributed by atoms with Gasteiger partial charge < -0.3 is 9.64 Å². The number of halogens is 1. The van der Waals surface area contributed by atoms with Crippen molar-refractivity contribution < 1.29 is 14.5 Å². The van der Waals surface area contributed by atoms with Gasteiger partial charge in [0, 0.05) is 31.3 Å². The third kappa shape index (κ3) is 4.60. The van der Waals surface area contributed by atoms with E-state index in [0.717, 1.165) is 49.9 Å². The number of nitrogens with zero attached hydrogens (tertiary/aromatic N) is 4. The minimum absolute atomic E-state index is 0.0443. The van der Waals surface area contributed by atoms with Gasteiger partial charge in [0.25, 0.3) is 11.6 Å². The van der Waals surface area contributed by atoms with Crippen LogP contribution < -0.4 is 9.80 Å². The molecule has 1 amide bonds. The van der Waals surface area contributed by atoms with E-state index in [1.165, 1.54) is 17.4 Å². The maximum absolute atomic E-state index is 13.7. The van der Waals surface area contributed by atoms with Crippen LogP contribution in [-0.4, -0.2) is 48.2 Å². The van der Waals surface area contributed by atoms with Crippen LogP contribution in [0.15, 0.2) is 36.4 Å². The number of ether oxygens (including phenoxy) is 1. The number of para-hydroxylation sites is 1. The first-order chi connectivity index (χ1) is 16.5. The van der Waals surface area contributed by atoms with Gasteiger partial charge in [-0.3, -0.25) is 19.8 Å². The Morgan fingerprint density at radius 2 is 2.06 bits per heavy atom. The fourth-order valence-electron chi connectivity index (χ4n) is 4.62. The summed E-state index contributed by atoms with van der Waals surface area (Å²) in [6.45, 7) is 2.56. The van der Waals surface area contributed by atoms with Gasteiger partial charge >= 0.3 is 0 Å². The Morgan fingerprint density at radius 3 is 2.76 bits per heavy atom. The highest BCUT2D eigenvalue weighted by molar-refractivity contribution is 7.22. The number of amides is 1. The number of hydrogen-bond donors (Lipinski definition) is 0. The highest BCUT2D eigenvalue weighted by Gasteiger charge is 2.30. The van der Waals surface area contributed by atoms with Gasteiger partial charge in [-0.25, -0.2) is 4.98 Å². The number of piperidine rings is 1. The SMILES string of the molecule is O=C(c1ccc(N2CCCCC2)c([N+](=O)[O-])c1)N(CC1CCCO1)c1nc2c(Cl)cccc2s1. The average molecular weight is 501 g/mol. The summed E-state index contributed by atoms with van der Waals surface area (Å²) >= 11 is 7.70. The number of nitro benzene ring substituents is 1. The van der Waals surface area contributed by atoms with E-state index in [-0.39, 0.29) is 23.3 Å². The molecule has 8 nitrogen and oxygen atoms in total. The third-order valence-electron chi connectivity index (χ3n) is 6.36.